The number of fused-ring (bicyclic) bond motifs is 1. The largest absolute Gasteiger partial charge is 0.419 e. The Kier molecular flexibility index (Phi) is 3.43. The first kappa shape index (κ1) is 14.6. The zero-order valence-corrected chi connectivity index (χ0v) is 11.8. The van der Waals surface area contributed by atoms with Crippen molar-refractivity contribution in [3.05, 3.63) is 46.3 Å². The summed E-state index contributed by atoms with van der Waals surface area (Å²) in [6, 6.07) is 8.48. The molecular weight excluding hydrogens is 313 g/mol. The van der Waals surface area contributed by atoms with Gasteiger partial charge in [0.25, 0.3) is 0 Å². The van der Waals surface area contributed by atoms with Gasteiger partial charge < -0.3 is 10.1 Å². The van der Waals surface area contributed by atoms with Gasteiger partial charge in [0, 0.05) is 28.2 Å². The van der Waals surface area contributed by atoms with E-state index in [0.29, 0.717) is 27.6 Å². The number of nitrogens with one attached hydrogen (secondary N) is 1. The number of hydrogen-bond acceptors (Lipinski definition) is 3. The lowest BCUT2D eigenvalue weighted by molar-refractivity contribution is -0.205. The van der Waals surface area contributed by atoms with Gasteiger partial charge in [0.15, 0.2) is 6.10 Å². The molecule has 1 atom stereocenters. The summed E-state index contributed by atoms with van der Waals surface area (Å²) >= 11 is 0.852. The van der Waals surface area contributed by atoms with Gasteiger partial charge in [-0.25, -0.2) is 0 Å². The highest BCUT2D eigenvalue weighted by Crippen LogP contribution is 2.42. The zero-order chi connectivity index (χ0) is 15.9. The molecule has 0 bridgehead atoms. The lowest BCUT2D eigenvalue weighted by Gasteiger charge is -2.14. The number of hydrogen-bond donors (Lipinski definition) is 2. The highest BCUT2D eigenvalue weighted by Gasteiger charge is 2.41. The van der Waals surface area contributed by atoms with Crippen LogP contribution in [0.25, 0.3) is 22.0 Å². The van der Waals surface area contributed by atoms with E-state index in [1.54, 1.807) is 24.4 Å². The zero-order valence-electron chi connectivity index (χ0n) is 11.0. The van der Waals surface area contributed by atoms with Crippen LogP contribution in [0.3, 0.4) is 0 Å². The smallest absolute Gasteiger partial charge is 0.379 e. The van der Waals surface area contributed by atoms with Gasteiger partial charge in [-0.2, -0.15) is 18.4 Å². The molecule has 0 radical (unpaired) electrons. The molecule has 0 fully saturated rings. The van der Waals surface area contributed by atoms with Crippen molar-refractivity contribution in [2.45, 2.75) is 12.3 Å². The maximum atomic E-state index is 12.8. The van der Waals surface area contributed by atoms with E-state index in [4.69, 9.17) is 5.26 Å². The number of alkyl halides is 3. The minimum atomic E-state index is -4.72. The maximum absolute atomic E-state index is 12.8. The Bertz CT molecular complexity index is 873. The Labute approximate surface area is 127 Å². The van der Waals surface area contributed by atoms with E-state index in [0.717, 1.165) is 11.3 Å². The Balaban J connectivity index is 2.18. The lowest BCUT2D eigenvalue weighted by atomic mass is 10.0. The summed E-state index contributed by atoms with van der Waals surface area (Å²) in [7, 11) is 0. The number of rotatable bonds is 2. The van der Waals surface area contributed by atoms with Crippen LogP contribution in [0, 0.1) is 11.3 Å². The van der Waals surface area contributed by atoms with Crippen molar-refractivity contribution in [1.82, 2.24) is 4.98 Å². The molecule has 2 N–H and O–H groups in total. The molecule has 0 aliphatic rings. The van der Waals surface area contributed by atoms with Crippen LogP contribution in [0.2, 0.25) is 0 Å². The molecule has 2 heterocycles. The Morgan fingerprint density at radius 3 is 2.68 bits per heavy atom. The molecule has 0 amide bonds. The first-order chi connectivity index (χ1) is 10.4. The first-order valence-electron chi connectivity index (χ1n) is 6.25. The van der Waals surface area contributed by atoms with Crippen LogP contribution < -0.4 is 0 Å². The molecule has 3 aromatic rings. The number of aromatic amines is 1. The topological polar surface area (TPSA) is 59.8 Å². The molecule has 2 aromatic heterocycles. The molecule has 0 saturated heterocycles. The summed E-state index contributed by atoms with van der Waals surface area (Å²) in [4.78, 5) is 2.81. The minimum absolute atomic E-state index is 0.157. The van der Waals surface area contributed by atoms with Crippen molar-refractivity contribution in [2.75, 3.05) is 0 Å². The van der Waals surface area contributed by atoms with Gasteiger partial charge >= 0.3 is 6.18 Å². The van der Waals surface area contributed by atoms with Gasteiger partial charge in [-0.1, -0.05) is 0 Å². The van der Waals surface area contributed by atoms with E-state index in [9.17, 15) is 18.3 Å². The van der Waals surface area contributed by atoms with Gasteiger partial charge in [-0.3, -0.25) is 0 Å². The van der Waals surface area contributed by atoms with Crippen molar-refractivity contribution in [1.29, 1.82) is 5.26 Å². The van der Waals surface area contributed by atoms with Crippen LogP contribution in [0.5, 0.6) is 0 Å². The molecule has 3 rings (SSSR count). The van der Waals surface area contributed by atoms with Gasteiger partial charge in [0.05, 0.1) is 16.5 Å². The van der Waals surface area contributed by atoms with Gasteiger partial charge in [0.1, 0.15) is 0 Å². The average molecular weight is 322 g/mol. The number of aromatic nitrogens is 1. The third kappa shape index (κ3) is 2.36. The van der Waals surface area contributed by atoms with E-state index in [-0.39, 0.29) is 4.88 Å². The highest BCUT2D eigenvalue weighted by atomic mass is 32.1. The number of thiophene rings is 1. The number of aliphatic hydroxyl groups is 1. The summed E-state index contributed by atoms with van der Waals surface area (Å²) in [6.07, 6.45) is -5.66. The molecule has 0 aliphatic carbocycles. The SMILES string of the molecule is N#Cc1ccc2[nH]cc(-c3ccsc3C(O)C(F)(F)F)c2c1. The second kappa shape index (κ2) is 5.16. The number of nitrogens with zero attached hydrogens (tertiary/aromatic N) is 1. The Hall–Kier alpha value is -2.30. The Morgan fingerprint density at radius 2 is 2.00 bits per heavy atom. The summed E-state index contributed by atoms with van der Waals surface area (Å²) < 4.78 is 38.3. The molecule has 7 heteroatoms. The van der Waals surface area contributed by atoms with E-state index < -0.39 is 12.3 Å². The third-order valence-corrected chi connectivity index (χ3v) is 4.32. The Morgan fingerprint density at radius 1 is 1.23 bits per heavy atom. The predicted octanol–water partition coefficient (Wildman–Crippen LogP) is 4.36. The van der Waals surface area contributed by atoms with Crippen molar-refractivity contribution in [3.63, 3.8) is 0 Å². The quantitative estimate of drug-likeness (QED) is 0.736. The molecule has 0 aliphatic heterocycles. The summed E-state index contributed by atoms with van der Waals surface area (Å²) in [5.74, 6) is 0. The van der Waals surface area contributed by atoms with E-state index in [1.807, 2.05) is 6.07 Å². The third-order valence-electron chi connectivity index (χ3n) is 3.35. The van der Waals surface area contributed by atoms with E-state index in [1.165, 1.54) is 11.4 Å². The molecule has 0 spiro atoms. The van der Waals surface area contributed by atoms with Gasteiger partial charge in [-0.15, -0.1) is 11.3 Å². The molecule has 112 valence electrons. The number of halogens is 3. The van der Waals surface area contributed by atoms with Crippen molar-refractivity contribution >= 4 is 22.2 Å². The predicted molar refractivity (Wildman–Crippen MR) is 77.3 cm³/mol. The van der Waals surface area contributed by atoms with Crippen molar-refractivity contribution in [2.24, 2.45) is 0 Å². The van der Waals surface area contributed by atoms with Crippen LogP contribution in [-0.4, -0.2) is 16.3 Å². The van der Waals surface area contributed by atoms with Crippen molar-refractivity contribution in [3.8, 4) is 17.2 Å². The maximum Gasteiger partial charge on any atom is 0.419 e. The van der Waals surface area contributed by atoms with Crippen LogP contribution in [0.4, 0.5) is 13.2 Å². The molecule has 1 aromatic carbocycles. The van der Waals surface area contributed by atoms with Crippen LogP contribution in [-0.2, 0) is 0 Å². The van der Waals surface area contributed by atoms with Crippen LogP contribution >= 0.6 is 11.3 Å². The fourth-order valence-electron chi connectivity index (χ4n) is 2.32. The normalized spacial score (nSPS) is 13.2. The van der Waals surface area contributed by atoms with E-state index in [2.05, 4.69) is 4.98 Å². The summed E-state index contributed by atoms with van der Waals surface area (Å²) in [6.45, 7) is 0. The van der Waals surface area contributed by atoms with Gasteiger partial charge in [-0.05, 0) is 29.6 Å². The molecule has 0 saturated carbocycles. The number of aliphatic hydroxyl groups excluding tert-OH is 1. The average Bonchev–Trinajstić information content (AvgIpc) is 3.10. The molecule has 3 nitrogen and oxygen atoms in total. The van der Waals surface area contributed by atoms with Gasteiger partial charge in [0.2, 0.25) is 0 Å². The standard InChI is InChI=1S/C15H9F3N2OS/c16-15(17,18)14(21)13-9(3-4-22-13)11-7-20-12-2-1-8(6-19)5-10(11)12/h1-5,7,14,20-21H. The first-order valence-corrected chi connectivity index (χ1v) is 7.13. The monoisotopic (exact) mass is 322 g/mol. The highest BCUT2D eigenvalue weighted by molar-refractivity contribution is 7.10. The fraction of sp³-hybridized carbons (Fsp3) is 0.133. The van der Waals surface area contributed by atoms with Crippen LogP contribution in [0.1, 0.15) is 16.5 Å². The van der Waals surface area contributed by atoms with Crippen molar-refractivity contribution < 1.29 is 18.3 Å². The fourth-order valence-corrected chi connectivity index (χ4v) is 3.24. The number of nitriles is 1. The number of benzene rings is 1. The number of H-pyrrole nitrogens is 1. The summed E-state index contributed by atoms with van der Waals surface area (Å²) in [5, 5.41) is 20.6. The summed E-state index contributed by atoms with van der Waals surface area (Å²) in [5.41, 5.74) is 1.98. The second-order valence-corrected chi connectivity index (χ2v) is 5.66. The minimum Gasteiger partial charge on any atom is -0.379 e. The molecule has 1 unspecified atom stereocenters. The second-order valence-electron chi connectivity index (χ2n) is 4.72. The molecular formula is C15H9F3N2OS. The van der Waals surface area contributed by atoms with Crippen LogP contribution in [0.15, 0.2) is 35.8 Å². The van der Waals surface area contributed by atoms with E-state index >= 15 is 0 Å². The lowest BCUT2D eigenvalue weighted by Crippen LogP contribution is -2.19. The molecule has 22 heavy (non-hydrogen) atoms.